The number of thiophene rings is 2. The average molecular weight is 779 g/mol. The topological polar surface area (TPSA) is 55.1 Å². The van der Waals surface area contributed by atoms with E-state index >= 15 is 0 Å². The summed E-state index contributed by atoms with van der Waals surface area (Å²) in [6.07, 6.45) is 0. The summed E-state index contributed by atoms with van der Waals surface area (Å²) < 4.78 is 11.9. The number of aromatic nitrogens is 3. The monoisotopic (exact) mass is 778 g/mol. The van der Waals surface area contributed by atoms with Crippen molar-refractivity contribution in [2.24, 2.45) is 0 Å². The summed E-state index contributed by atoms with van der Waals surface area (Å²) in [6, 6.07) is 63.9. The molecule has 12 aromatic rings. The SMILES string of the molecule is c1ccc(-c2nc(-c3ccccc3)nc(-c3cccc4oc5cc(N(c6ccc7sc8ccccc8c7c6)c6ccc7sc8ccccc8c7c6)ccc5c34)n2)cc1. The first-order valence-electron chi connectivity index (χ1n) is 19.2. The largest absolute Gasteiger partial charge is 0.456 e. The fourth-order valence-corrected chi connectivity index (χ4v) is 10.4. The van der Waals surface area contributed by atoms with Crippen molar-refractivity contribution in [2.45, 2.75) is 0 Å². The number of hydrogen-bond donors (Lipinski definition) is 0. The number of fused-ring (bicyclic) bond motifs is 9. The van der Waals surface area contributed by atoms with Crippen LogP contribution in [0.5, 0.6) is 0 Å². The Kier molecular flexibility index (Phi) is 7.51. The Morgan fingerprint density at radius 3 is 1.47 bits per heavy atom. The molecule has 5 nitrogen and oxygen atoms in total. The van der Waals surface area contributed by atoms with E-state index in [2.05, 4.69) is 114 Å². The summed E-state index contributed by atoms with van der Waals surface area (Å²) in [5.74, 6) is 1.84. The molecule has 0 spiro atoms. The summed E-state index contributed by atoms with van der Waals surface area (Å²) in [5.41, 5.74) is 7.48. The van der Waals surface area contributed by atoms with Crippen molar-refractivity contribution in [3.05, 3.63) is 182 Å². The van der Waals surface area contributed by atoms with Crippen molar-refractivity contribution in [3.63, 3.8) is 0 Å². The molecule has 0 radical (unpaired) electrons. The Hall–Kier alpha value is -7.19. The van der Waals surface area contributed by atoms with Crippen LogP contribution in [0, 0.1) is 0 Å². The predicted molar refractivity (Wildman–Crippen MR) is 244 cm³/mol. The maximum absolute atomic E-state index is 6.74. The number of benzene rings is 8. The van der Waals surface area contributed by atoms with E-state index in [1.807, 2.05) is 95.5 Å². The molecule has 0 amide bonds. The molecule has 0 fully saturated rings. The fourth-order valence-electron chi connectivity index (χ4n) is 8.22. The Morgan fingerprint density at radius 1 is 0.362 bits per heavy atom. The van der Waals surface area contributed by atoms with Crippen LogP contribution in [0.25, 0.3) is 96.4 Å². The minimum Gasteiger partial charge on any atom is -0.456 e. The predicted octanol–water partition coefficient (Wildman–Crippen LogP) is 15.0. The standard InChI is InChI=1S/C51H30N4OS2/c1-3-12-31(13-4-1)49-52-50(32-14-5-2-6-15-32)54-51(53-49)39-18-11-19-42-48(39)38-25-22-35(30-43(38)56-42)55(33-23-26-46-40(28-33)36-16-7-9-20-44(36)57-46)34-24-27-47-41(29-34)37-17-8-10-21-45(37)58-47/h1-30H. The van der Waals surface area contributed by atoms with Gasteiger partial charge in [0, 0.05) is 90.9 Å². The number of anilines is 3. The van der Waals surface area contributed by atoms with Crippen molar-refractivity contribution in [2.75, 3.05) is 4.90 Å². The molecule has 0 unspecified atom stereocenters. The highest BCUT2D eigenvalue weighted by atomic mass is 32.1. The molecule has 0 aliphatic heterocycles. The van der Waals surface area contributed by atoms with Gasteiger partial charge < -0.3 is 9.32 Å². The fraction of sp³-hybridized carbons (Fsp3) is 0. The van der Waals surface area contributed by atoms with Gasteiger partial charge in [0.2, 0.25) is 0 Å². The van der Waals surface area contributed by atoms with E-state index in [9.17, 15) is 0 Å². The zero-order valence-electron chi connectivity index (χ0n) is 30.8. The van der Waals surface area contributed by atoms with Gasteiger partial charge in [-0.1, -0.05) is 109 Å². The van der Waals surface area contributed by atoms with Gasteiger partial charge in [-0.3, -0.25) is 0 Å². The summed E-state index contributed by atoms with van der Waals surface area (Å²) in [4.78, 5) is 17.4. The average Bonchev–Trinajstić information content (AvgIpc) is 3.98. The Bertz CT molecular complexity index is 3360. The van der Waals surface area contributed by atoms with Crippen molar-refractivity contribution in [1.82, 2.24) is 15.0 Å². The van der Waals surface area contributed by atoms with Crippen LogP contribution in [0.3, 0.4) is 0 Å². The van der Waals surface area contributed by atoms with Crippen LogP contribution in [0.15, 0.2) is 186 Å². The van der Waals surface area contributed by atoms with Crippen LogP contribution >= 0.6 is 22.7 Å². The van der Waals surface area contributed by atoms with Crippen LogP contribution < -0.4 is 4.90 Å². The highest BCUT2D eigenvalue weighted by Gasteiger charge is 2.21. The molecular formula is C51H30N4OS2. The lowest BCUT2D eigenvalue weighted by Gasteiger charge is -2.26. The first-order chi connectivity index (χ1) is 28.7. The van der Waals surface area contributed by atoms with Gasteiger partial charge in [-0.15, -0.1) is 22.7 Å². The maximum Gasteiger partial charge on any atom is 0.164 e. The molecular weight excluding hydrogens is 749 g/mol. The van der Waals surface area contributed by atoms with Crippen molar-refractivity contribution in [1.29, 1.82) is 0 Å². The minimum absolute atomic E-state index is 0.597. The van der Waals surface area contributed by atoms with Crippen molar-refractivity contribution in [3.8, 4) is 34.2 Å². The third-order valence-electron chi connectivity index (χ3n) is 10.9. The molecule has 8 aromatic carbocycles. The Morgan fingerprint density at radius 2 is 0.862 bits per heavy atom. The lowest BCUT2D eigenvalue weighted by Crippen LogP contribution is -2.09. The van der Waals surface area contributed by atoms with Crippen molar-refractivity contribution >= 4 is 102 Å². The number of furan rings is 1. The number of rotatable bonds is 6. The van der Waals surface area contributed by atoms with Gasteiger partial charge in [-0.05, 0) is 66.7 Å². The van der Waals surface area contributed by atoms with E-state index < -0.39 is 0 Å². The van der Waals surface area contributed by atoms with Gasteiger partial charge in [0.15, 0.2) is 17.5 Å². The molecule has 12 rings (SSSR count). The van der Waals surface area contributed by atoms with Gasteiger partial charge in [0.05, 0.1) is 0 Å². The van der Waals surface area contributed by atoms with Crippen LogP contribution in [0.2, 0.25) is 0 Å². The van der Waals surface area contributed by atoms with Gasteiger partial charge >= 0.3 is 0 Å². The van der Waals surface area contributed by atoms with Crippen LogP contribution in [-0.4, -0.2) is 15.0 Å². The van der Waals surface area contributed by atoms with E-state index in [1.54, 1.807) is 0 Å². The van der Waals surface area contributed by atoms with E-state index in [4.69, 9.17) is 19.4 Å². The summed E-state index contributed by atoms with van der Waals surface area (Å²) >= 11 is 3.67. The first-order valence-corrected chi connectivity index (χ1v) is 20.8. The van der Waals surface area contributed by atoms with E-state index in [1.165, 1.54) is 40.3 Å². The normalized spacial score (nSPS) is 11.8. The quantitative estimate of drug-likeness (QED) is 0.168. The highest BCUT2D eigenvalue weighted by molar-refractivity contribution is 7.26. The molecule has 4 aromatic heterocycles. The Labute approximate surface area is 340 Å². The van der Waals surface area contributed by atoms with Crippen molar-refractivity contribution < 1.29 is 4.42 Å². The second-order valence-electron chi connectivity index (χ2n) is 14.4. The molecule has 0 saturated carbocycles. The zero-order chi connectivity index (χ0) is 38.2. The van der Waals surface area contributed by atoms with Gasteiger partial charge in [0.25, 0.3) is 0 Å². The second kappa shape index (κ2) is 13.2. The Balaban J connectivity index is 1.05. The maximum atomic E-state index is 6.74. The molecule has 0 N–H and O–H groups in total. The molecule has 0 bridgehead atoms. The molecule has 0 aliphatic rings. The smallest absolute Gasteiger partial charge is 0.164 e. The molecule has 0 atom stereocenters. The van der Waals surface area contributed by atoms with E-state index in [-0.39, 0.29) is 0 Å². The third kappa shape index (κ3) is 5.39. The van der Waals surface area contributed by atoms with E-state index in [0.29, 0.717) is 17.5 Å². The summed E-state index contributed by atoms with van der Waals surface area (Å²) in [5, 5.41) is 7.01. The van der Waals surface area contributed by atoms with Gasteiger partial charge in [0.1, 0.15) is 11.2 Å². The first kappa shape index (κ1) is 33.0. The third-order valence-corrected chi connectivity index (χ3v) is 13.2. The van der Waals surface area contributed by atoms with E-state index in [0.717, 1.165) is 55.7 Å². The van der Waals surface area contributed by atoms with Crippen LogP contribution in [0.1, 0.15) is 0 Å². The van der Waals surface area contributed by atoms with Crippen LogP contribution in [0.4, 0.5) is 17.1 Å². The number of hydrogen-bond acceptors (Lipinski definition) is 7. The second-order valence-corrected chi connectivity index (χ2v) is 16.6. The highest BCUT2D eigenvalue weighted by Crippen LogP contribution is 2.45. The molecule has 0 saturated heterocycles. The summed E-state index contributed by atoms with van der Waals surface area (Å²) in [6.45, 7) is 0. The van der Waals surface area contributed by atoms with Crippen LogP contribution in [-0.2, 0) is 0 Å². The molecule has 272 valence electrons. The summed E-state index contributed by atoms with van der Waals surface area (Å²) in [7, 11) is 0. The zero-order valence-corrected chi connectivity index (χ0v) is 32.5. The molecule has 58 heavy (non-hydrogen) atoms. The lowest BCUT2D eigenvalue weighted by molar-refractivity contribution is 0.669. The molecule has 7 heteroatoms. The number of nitrogens with zero attached hydrogens (tertiary/aromatic N) is 4. The minimum atomic E-state index is 0.597. The van der Waals surface area contributed by atoms with Gasteiger partial charge in [-0.2, -0.15) is 0 Å². The van der Waals surface area contributed by atoms with Gasteiger partial charge in [-0.25, -0.2) is 15.0 Å². The molecule has 0 aliphatic carbocycles. The lowest BCUT2D eigenvalue weighted by atomic mass is 10.0. The molecule has 4 heterocycles.